The summed E-state index contributed by atoms with van der Waals surface area (Å²) in [6, 6.07) is 13.9. The summed E-state index contributed by atoms with van der Waals surface area (Å²) in [4.78, 5) is 34.3. The van der Waals surface area contributed by atoms with Crippen molar-refractivity contribution in [3.05, 3.63) is 87.3 Å². The normalized spacial score (nSPS) is 10.6. The van der Waals surface area contributed by atoms with Gasteiger partial charge in [0.15, 0.2) is 0 Å². The number of amides is 2. The minimum Gasteiger partial charge on any atom is -0.467 e. The van der Waals surface area contributed by atoms with Crippen LogP contribution in [0.1, 0.15) is 11.3 Å². The van der Waals surface area contributed by atoms with Crippen molar-refractivity contribution in [3.63, 3.8) is 0 Å². The number of carbonyl (C=O) groups excluding carboxylic acids is 2. The van der Waals surface area contributed by atoms with E-state index in [9.17, 15) is 19.7 Å². The van der Waals surface area contributed by atoms with E-state index in [0.29, 0.717) is 16.3 Å². The number of benzene rings is 2. The lowest BCUT2D eigenvalue weighted by Crippen LogP contribution is -2.37. The average Bonchev–Trinajstić information content (AvgIpc) is 3.28. The van der Waals surface area contributed by atoms with Crippen LogP contribution in [-0.4, -0.2) is 23.0 Å². The van der Waals surface area contributed by atoms with Crippen LogP contribution in [-0.2, 0) is 16.1 Å². The number of hydrogen-bond donors (Lipinski definition) is 2. The Hall–Kier alpha value is -4.18. The van der Waals surface area contributed by atoms with E-state index in [4.69, 9.17) is 20.8 Å². The quantitative estimate of drug-likeness (QED) is 0.249. The maximum absolute atomic E-state index is 11.7. The Morgan fingerprint density at radius 2 is 1.94 bits per heavy atom. The molecule has 0 aliphatic heterocycles. The molecule has 0 atom stereocenters. The van der Waals surface area contributed by atoms with Gasteiger partial charge < -0.3 is 14.5 Å². The third-order valence-electron chi connectivity index (χ3n) is 3.83. The van der Waals surface area contributed by atoms with Crippen molar-refractivity contribution >= 4 is 35.3 Å². The second-order valence-electron chi connectivity index (χ2n) is 5.98. The van der Waals surface area contributed by atoms with E-state index in [0.717, 1.165) is 6.21 Å². The minimum absolute atomic E-state index is 0.0170. The van der Waals surface area contributed by atoms with E-state index in [2.05, 4.69) is 10.4 Å². The van der Waals surface area contributed by atoms with Crippen molar-refractivity contribution in [2.24, 2.45) is 5.10 Å². The lowest BCUT2D eigenvalue weighted by molar-refractivity contribution is -0.385. The van der Waals surface area contributed by atoms with E-state index in [1.165, 1.54) is 24.5 Å². The van der Waals surface area contributed by atoms with Crippen LogP contribution in [0.15, 0.2) is 70.4 Å². The zero-order valence-corrected chi connectivity index (χ0v) is 16.5. The van der Waals surface area contributed by atoms with Crippen molar-refractivity contribution in [1.82, 2.24) is 10.7 Å². The number of nitrogens with one attached hydrogen (secondary N) is 2. The third-order valence-corrected chi connectivity index (χ3v) is 4.14. The van der Waals surface area contributed by atoms with Gasteiger partial charge in [0.1, 0.15) is 11.5 Å². The number of nitro benzene ring substituents is 1. The van der Waals surface area contributed by atoms with Gasteiger partial charge in [0.25, 0.3) is 0 Å². The summed E-state index contributed by atoms with van der Waals surface area (Å²) >= 11 is 6.02. The molecule has 2 aromatic carbocycles. The largest absolute Gasteiger partial charge is 0.467 e. The maximum Gasteiger partial charge on any atom is 0.329 e. The topological polar surface area (TPSA) is 136 Å². The lowest BCUT2D eigenvalue weighted by atomic mass is 10.2. The molecule has 2 N–H and O–H groups in total. The molecule has 0 unspecified atom stereocenters. The Labute approximate surface area is 180 Å². The first kappa shape index (κ1) is 21.5. The smallest absolute Gasteiger partial charge is 0.329 e. The van der Waals surface area contributed by atoms with Gasteiger partial charge in [-0.1, -0.05) is 23.7 Å². The van der Waals surface area contributed by atoms with E-state index >= 15 is 0 Å². The first-order valence-corrected chi connectivity index (χ1v) is 9.16. The van der Waals surface area contributed by atoms with E-state index in [1.807, 2.05) is 5.43 Å². The fourth-order valence-corrected chi connectivity index (χ4v) is 2.54. The van der Waals surface area contributed by atoms with Crippen LogP contribution in [0.3, 0.4) is 0 Å². The van der Waals surface area contributed by atoms with Gasteiger partial charge in [-0.25, -0.2) is 5.43 Å². The number of ether oxygens (including phenoxy) is 1. The fraction of sp³-hybridized carbons (Fsp3) is 0.0500. The maximum atomic E-state index is 11.7. The number of carbonyl (C=O) groups is 2. The van der Waals surface area contributed by atoms with Crippen molar-refractivity contribution in [3.8, 4) is 11.5 Å². The van der Waals surface area contributed by atoms with Gasteiger partial charge in [-0.3, -0.25) is 19.7 Å². The minimum atomic E-state index is -1.00. The molecule has 0 saturated heterocycles. The van der Waals surface area contributed by atoms with E-state index < -0.39 is 16.7 Å². The molecule has 2 amide bonds. The predicted molar refractivity (Wildman–Crippen MR) is 111 cm³/mol. The Morgan fingerprint density at radius 1 is 1.13 bits per heavy atom. The Kier molecular flexibility index (Phi) is 6.97. The highest BCUT2D eigenvalue weighted by atomic mass is 35.5. The highest BCUT2D eigenvalue weighted by molar-refractivity contribution is 6.35. The molecule has 0 aliphatic carbocycles. The van der Waals surface area contributed by atoms with Crippen LogP contribution >= 0.6 is 11.6 Å². The number of hydrazone groups is 1. The summed E-state index contributed by atoms with van der Waals surface area (Å²) in [5.74, 6) is -1.19. The highest BCUT2D eigenvalue weighted by Crippen LogP contribution is 2.35. The summed E-state index contributed by atoms with van der Waals surface area (Å²) in [7, 11) is 0. The van der Waals surface area contributed by atoms with Crippen molar-refractivity contribution in [2.75, 3.05) is 0 Å². The molecule has 31 heavy (non-hydrogen) atoms. The van der Waals surface area contributed by atoms with Crippen LogP contribution < -0.4 is 15.5 Å². The molecule has 3 rings (SSSR count). The molecule has 0 radical (unpaired) electrons. The number of para-hydroxylation sites is 1. The summed E-state index contributed by atoms with van der Waals surface area (Å²) in [5.41, 5.74) is 2.01. The molecule has 158 valence electrons. The molecule has 3 aromatic rings. The average molecular weight is 443 g/mol. The molecule has 0 saturated carbocycles. The number of hydrogen-bond acceptors (Lipinski definition) is 7. The van der Waals surface area contributed by atoms with Crippen molar-refractivity contribution in [1.29, 1.82) is 0 Å². The molecule has 1 aromatic heterocycles. The lowest BCUT2D eigenvalue weighted by Gasteiger charge is -2.08. The summed E-state index contributed by atoms with van der Waals surface area (Å²) in [5, 5.41) is 17.7. The third kappa shape index (κ3) is 5.90. The summed E-state index contributed by atoms with van der Waals surface area (Å²) in [6.45, 7) is 0.0437. The molecule has 11 heteroatoms. The Balaban J connectivity index is 1.63. The van der Waals surface area contributed by atoms with Crippen molar-refractivity contribution < 1.29 is 23.7 Å². The second kappa shape index (κ2) is 10.0. The van der Waals surface area contributed by atoms with Gasteiger partial charge in [0.05, 0.1) is 29.0 Å². The van der Waals surface area contributed by atoms with Gasteiger partial charge >= 0.3 is 17.5 Å². The van der Waals surface area contributed by atoms with Crippen LogP contribution in [0, 0.1) is 10.1 Å². The van der Waals surface area contributed by atoms with Gasteiger partial charge in [0.2, 0.25) is 5.75 Å². The van der Waals surface area contributed by atoms with Gasteiger partial charge in [0, 0.05) is 11.6 Å². The highest BCUT2D eigenvalue weighted by Gasteiger charge is 2.18. The first-order valence-electron chi connectivity index (χ1n) is 8.78. The van der Waals surface area contributed by atoms with Crippen LogP contribution in [0.25, 0.3) is 0 Å². The second-order valence-corrected chi connectivity index (χ2v) is 6.39. The number of nitro groups is 1. The van der Waals surface area contributed by atoms with Crippen LogP contribution in [0.4, 0.5) is 5.69 Å². The van der Waals surface area contributed by atoms with Crippen LogP contribution in [0.2, 0.25) is 5.02 Å². The Morgan fingerprint density at radius 3 is 2.65 bits per heavy atom. The fourth-order valence-electron chi connectivity index (χ4n) is 2.37. The molecule has 0 aliphatic rings. The molecule has 0 fully saturated rings. The molecule has 0 spiro atoms. The van der Waals surface area contributed by atoms with E-state index in [-0.39, 0.29) is 23.7 Å². The van der Waals surface area contributed by atoms with Gasteiger partial charge in [-0.2, -0.15) is 5.10 Å². The van der Waals surface area contributed by atoms with Gasteiger partial charge in [-0.05, 0) is 36.4 Å². The molecular weight excluding hydrogens is 428 g/mol. The Bertz CT molecular complexity index is 1130. The first-order chi connectivity index (χ1) is 14.9. The SMILES string of the molecule is O=C(NCc1ccco1)C(=O)N/N=C/c1ccc(Oc2ccccc2Cl)c([N+](=O)[O-])c1. The van der Waals surface area contributed by atoms with E-state index in [1.54, 1.807) is 36.4 Å². The standard InChI is InChI=1S/C20H15ClN4O6/c21-15-5-1-2-6-17(15)31-18-8-7-13(10-16(18)25(28)29)11-23-24-20(27)19(26)22-12-14-4-3-9-30-14/h1-11H,12H2,(H,22,26)(H,24,27)/b23-11+. The number of halogens is 1. The monoisotopic (exact) mass is 442 g/mol. The number of nitrogens with zero attached hydrogens (tertiary/aromatic N) is 2. The molecule has 1 heterocycles. The summed E-state index contributed by atoms with van der Waals surface area (Å²) < 4.78 is 10.6. The molecular formula is C20H15ClN4O6. The van der Waals surface area contributed by atoms with Crippen LogP contribution in [0.5, 0.6) is 11.5 Å². The molecule has 10 nitrogen and oxygen atoms in total. The molecule has 0 bridgehead atoms. The van der Waals surface area contributed by atoms with Crippen molar-refractivity contribution in [2.45, 2.75) is 6.54 Å². The predicted octanol–water partition coefficient (Wildman–Crippen LogP) is 3.40. The zero-order chi connectivity index (χ0) is 22.2. The van der Waals surface area contributed by atoms with Gasteiger partial charge in [-0.15, -0.1) is 0 Å². The number of furan rings is 1. The number of rotatable bonds is 7. The zero-order valence-electron chi connectivity index (χ0n) is 15.8. The summed E-state index contributed by atoms with van der Waals surface area (Å²) in [6.07, 6.45) is 2.60.